The minimum Gasteiger partial charge on any atom is -0.380 e. The lowest BCUT2D eigenvalue weighted by atomic mass is 9.91. The summed E-state index contributed by atoms with van der Waals surface area (Å²) in [5.41, 5.74) is 9.76. The monoisotopic (exact) mass is 559 g/mol. The second-order valence-electron chi connectivity index (χ2n) is 10.8. The second kappa shape index (κ2) is 11.5. The van der Waals surface area contributed by atoms with E-state index in [1.807, 2.05) is 6.07 Å². The third kappa shape index (κ3) is 5.38. The van der Waals surface area contributed by atoms with Crippen LogP contribution in [0, 0.1) is 28.9 Å². The van der Waals surface area contributed by atoms with Crippen molar-refractivity contribution in [3.63, 3.8) is 0 Å². The number of anilines is 1. The Hall–Kier alpha value is -3.98. The van der Waals surface area contributed by atoms with Crippen LogP contribution in [0.3, 0.4) is 0 Å². The number of ether oxygens (including phenoxy) is 2. The molecule has 3 aromatic heterocycles. The van der Waals surface area contributed by atoms with E-state index >= 15 is 8.78 Å². The first-order chi connectivity index (χ1) is 19.9. The highest BCUT2D eigenvalue weighted by Crippen LogP contribution is 2.32. The number of piperidine rings is 1. The van der Waals surface area contributed by atoms with Gasteiger partial charge in [-0.15, -0.1) is 0 Å². The summed E-state index contributed by atoms with van der Waals surface area (Å²) >= 11 is 0. The lowest BCUT2D eigenvalue weighted by molar-refractivity contribution is -0.00335. The van der Waals surface area contributed by atoms with Crippen LogP contribution in [0.15, 0.2) is 48.9 Å². The van der Waals surface area contributed by atoms with Gasteiger partial charge in [0.2, 0.25) is 0 Å². The zero-order valence-corrected chi connectivity index (χ0v) is 22.7. The van der Waals surface area contributed by atoms with Crippen LogP contribution >= 0.6 is 0 Å². The maximum Gasteiger partial charge on any atom is 0.135 e. The Kier molecular flexibility index (Phi) is 7.62. The van der Waals surface area contributed by atoms with Crippen LogP contribution in [0.4, 0.5) is 14.5 Å². The summed E-state index contributed by atoms with van der Waals surface area (Å²) in [6.07, 6.45) is 5.85. The van der Waals surface area contributed by atoms with Crippen molar-refractivity contribution in [1.29, 1.82) is 5.26 Å². The van der Waals surface area contributed by atoms with Crippen LogP contribution in [-0.2, 0) is 15.9 Å². The number of benzene rings is 1. The lowest BCUT2D eigenvalue weighted by Gasteiger charge is -2.42. The highest BCUT2D eigenvalue weighted by atomic mass is 19.1. The summed E-state index contributed by atoms with van der Waals surface area (Å²) < 4.78 is 43.0. The molecule has 0 spiro atoms. The van der Waals surface area contributed by atoms with E-state index < -0.39 is 11.6 Å². The number of halogens is 2. The molecule has 0 unspecified atom stereocenters. The van der Waals surface area contributed by atoms with Crippen molar-refractivity contribution in [3.05, 3.63) is 77.5 Å². The quantitative estimate of drug-likeness (QED) is 0.324. The summed E-state index contributed by atoms with van der Waals surface area (Å²) in [4.78, 5) is 11.2. The number of fused-ring (bicyclic) bond motifs is 1. The molecule has 9 nitrogen and oxygen atoms in total. The van der Waals surface area contributed by atoms with Crippen molar-refractivity contribution in [1.82, 2.24) is 19.6 Å². The largest absolute Gasteiger partial charge is 0.380 e. The predicted octanol–water partition coefficient (Wildman–Crippen LogP) is 3.86. The van der Waals surface area contributed by atoms with Crippen molar-refractivity contribution >= 4 is 11.2 Å². The third-order valence-electron chi connectivity index (χ3n) is 7.90. The molecule has 2 fully saturated rings. The van der Waals surface area contributed by atoms with Gasteiger partial charge in [-0.25, -0.2) is 18.3 Å². The molecule has 2 saturated heterocycles. The van der Waals surface area contributed by atoms with Crippen LogP contribution in [0.25, 0.3) is 16.8 Å². The standard InChI is InChI=1S/C30H31F2N7O2/c1-18-14-38(15-25(34)30(18)41-8-2-6-33)27-5-7-35-12-20(27)11-28-36-13-22-3-4-26(37-39(22)28)29-23(31)9-19(10-24(29)32)21-16-40-17-21/h3-5,7,9-10,12-13,18,21,25,30H,2,8,11,14-17,34H2,1H3/t18-,25+,30-/m0/s1. The number of nitriles is 1. The zero-order valence-electron chi connectivity index (χ0n) is 22.7. The van der Waals surface area contributed by atoms with Crippen molar-refractivity contribution in [3.8, 4) is 17.3 Å². The van der Waals surface area contributed by atoms with Gasteiger partial charge >= 0.3 is 0 Å². The number of nitrogens with zero attached hydrogens (tertiary/aromatic N) is 6. The van der Waals surface area contributed by atoms with E-state index in [0.29, 0.717) is 56.1 Å². The molecular formula is C30H31F2N7O2. The molecule has 3 atom stereocenters. The molecule has 0 saturated carbocycles. The highest BCUT2D eigenvalue weighted by molar-refractivity contribution is 5.63. The van der Waals surface area contributed by atoms with Gasteiger partial charge in [0.1, 0.15) is 17.5 Å². The Morgan fingerprint density at radius 1 is 1.15 bits per heavy atom. The third-order valence-corrected chi connectivity index (χ3v) is 7.90. The first-order valence-electron chi connectivity index (χ1n) is 13.8. The summed E-state index contributed by atoms with van der Waals surface area (Å²) in [5, 5.41) is 13.4. The highest BCUT2D eigenvalue weighted by Gasteiger charge is 2.34. The average molecular weight is 560 g/mol. The molecule has 2 aliphatic heterocycles. The van der Waals surface area contributed by atoms with Crippen molar-refractivity contribution < 1.29 is 18.3 Å². The van der Waals surface area contributed by atoms with E-state index in [1.54, 1.807) is 35.2 Å². The van der Waals surface area contributed by atoms with Crippen LogP contribution in [0.5, 0.6) is 0 Å². The Bertz CT molecular complexity index is 1560. The normalized spacial score (nSPS) is 21.1. The molecule has 0 amide bonds. The first-order valence-corrected chi connectivity index (χ1v) is 13.8. The van der Waals surface area contributed by atoms with Gasteiger partial charge in [0.15, 0.2) is 0 Å². The minimum absolute atomic E-state index is 0.0110. The molecule has 0 aliphatic carbocycles. The smallest absolute Gasteiger partial charge is 0.135 e. The molecule has 2 aliphatic rings. The van der Waals surface area contributed by atoms with Gasteiger partial charge in [0, 0.05) is 61.0 Å². The average Bonchev–Trinajstić information content (AvgIpc) is 3.31. The van der Waals surface area contributed by atoms with Crippen LogP contribution in [-0.4, -0.2) is 64.6 Å². The van der Waals surface area contributed by atoms with E-state index in [2.05, 4.69) is 33.0 Å². The summed E-state index contributed by atoms with van der Waals surface area (Å²) in [7, 11) is 0. The van der Waals surface area contributed by atoms with Crippen LogP contribution in [0.1, 0.15) is 36.2 Å². The van der Waals surface area contributed by atoms with E-state index in [0.717, 1.165) is 17.8 Å². The number of hydrogen-bond donors (Lipinski definition) is 1. The predicted molar refractivity (Wildman–Crippen MR) is 148 cm³/mol. The summed E-state index contributed by atoms with van der Waals surface area (Å²) in [6, 6.07) is 9.95. The van der Waals surface area contributed by atoms with Crippen molar-refractivity contribution in [2.45, 2.75) is 37.8 Å². The van der Waals surface area contributed by atoms with Crippen LogP contribution in [0.2, 0.25) is 0 Å². The zero-order chi connectivity index (χ0) is 28.5. The molecule has 41 heavy (non-hydrogen) atoms. The fraction of sp³-hybridized carbons (Fsp3) is 0.400. The molecule has 0 radical (unpaired) electrons. The Morgan fingerprint density at radius 3 is 2.66 bits per heavy atom. The SMILES string of the molecule is C[C@H]1CN(c2ccncc2Cc2ncc3ccc(-c4c(F)cc(C5COC5)cc4F)nn23)C[C@@H](N)[C@H]1OCCC#N. The van der Waals surface area contributed by atoms with E-state index in [-0.39, 0.29) is 35.2 Å². The maximum atomic E-state index is 15.1. The molecule has 5 heterocycles. The summed E-state index contributed by atoms with van der Waals surface area (Å²) in [6.45, 7) is 4.72. The number of pyridine rings is 1. The number of hydrogen-bond acceptors (Lipinski definition) is 8. The van der Waals surface area contributed by atoms with Gasteiger partial charge < -0.3 is 20.1 Å². The van der Waals surface area contributed by atoms with Gasteiger partial charge in [0.25, 0.3) is 0 Å². The minimum atomic E-state index is -0.652. The Labute approximate surface area is 236 Å². The number of imidazole rings is 1. The molecule has 11 heteroatoms. The lowest BCUT2D eigenvalue weighted by Crippen LogP contribution is -2.57. The van der Waals surface area contributed by atoms with Crippen molar-refractivity contribution in [2.75, 3.05) is 37.8 Å². The van der Waals surface area contributed by atoms with Gasteiger partial charge in [-0.2, -0.15) is 10.4 Å². The van der Waals surface area contributed by atoms with Crippen molar-refractivity contribution in [2.24, 2.45) is 11.7 Å². The fourth-order valence-electron chi connectivity index (χ4n) is 5.76. The Balaban J connectivity index is 1.26. The fourth-order valence-corrected chi connectivity index (χ4v) is 5.76. The number of rotatable bonds is 8. The molecule has 212 valence electrons. The Morgan fingerprint density at radius 2 is 1.95 bits per heavy atom. The molecule has 2 N–H and O–H groups in total. The van der Waals surface area contributed by atoms with Crippen LogP contribution < -0.4 is 10.6 Å². The number of aromatic nitrogens is 4. The van der Waals surface area contributed by atoms with E-state index in [4.69, 9.17) is 20.5 Å². The van der Waals surface area contributed by atoms with E-state index in [1.165, 1.54) is 12.1 Å². The van der Waals surface area contributed by atoms with Gasteiger partial charge in [-0.1, -0.05) is 6.92 Å². The molecule has 6 rings (SSSR count). The first kappa shape index (κ1) is 27.2. The maximum absolute atomic E-state index is 15.1. The molecule has 4 aromatic rings. The van der Waals surface area contributed by atoms with Gasteiger partial charge in [-0.05, 0) is 35.9 Å². The van der Waals surface area contributed by atoms with Gasteiger partial charge in [-0.3, -0.25) is 4.98 Å². The topological polar surface area (TPSA) is 115 Å². The van der Waals surface area contributed by atoms with Gasteiger partial charge in [0.05, 0.1) is 61.4 Å². The molecular weight excluding hydrogens is 528 g/mol. The summed E-state index contributed by atoms with van der Waals surface area (Å²) in [5.74, 6) is -0.521. The van der Waals surface area contributed by atoms with E-state index in [9.17, 15) is 0 Å². The molecule has 0 bridgehead atoms. The second-order valence-corrected chi connectivity index (χ2v) is 10.8. The number of nitrogens with two attached hydrogens (primary N) is 1. The molecule has 1 aromatic carbocycles.